The second-order valence-corrected chi connectivity index (χ2v) is 5.23. The molecule has 0 radical (unpaired) electrons. The second-order valence-electron chi connectivity index (χ2n) is 4.46. The third-order valence-corrected chi connectivity index (χ3v) is 3.26. The monoisotopic (exact) mass is 271 g/mol. The molecule has 1 aromatic heterocycles. The average Bonchev–Trinajstić information content (AvgIpc) is 2.66. The molecule has 0 aliphatic carbocycles. The molecule has 1 heterocycles. The van der Waals surface area contributed by atoms with Gasteiger partial charge in [-0.05, 0) is 37.2 Å². The summed E-state index contributed by atoms with van der Waals surface area (Å²) in [6.07, 6.45) is 2.20. The Balaban J connectivity index is 2.58. The van der Waals surface area contributed by atoms with E-state index in [9.17, 15) is 4.79 Å². The molecule has 0 unspecified atom stereocenters. The van der Waals surface area contributed by atoms with E-state index in [2.05, 4.69) is 23.5 Å². The molecule has 102 valence electrons. The number of hydrogen-bond donors (Lipinski definition) is 2. The maximum atomic E-state index is 11.7. The lowest BCUT2D eigenvalue weighted by Gasteiger charge is -2.07. The number of aromatic nitrogens is 1. The molecule has 6 heteroatoms. The van der Waals surface area contributed by atoms with Crippen molar-refractivity contribution in [3.63, 3.8) is 0 Å². The van der Waals surface area contributed by atoms with Crippen molar-refractivity contribution in [3.8, 4) is 0 Å². The van der Waals surface area contributed by atoms with Gasteiger partial charge < -0.3 is 15.8 Å². The lowest BCUT2D eigenvalue weighted by atomic mass is 10.1. The van der Waals surface area contributed by atoms with Crippen LogP contribution >= 0.6 is 11.5 Å². The van der Waals surface area contributed by atoms with Crippen LogP contribution in [0.3, 0.4) is 0 Å². The van der Waals surface area contributed by atoms with Gasteiger partial charge in [0.05, 0.1) is 6.61 Å². The number of nitrogens with two attached hydrogens (primary N) is 1. The molecule has 0 aliphatic heterocycles. The summed E-state index contributed by atoms with van der Waals surface area (Å²) in [4.78, 5) is 11.7. The van der Waals surface area contributed by atoms with E-state index in [1.54, 1.807) is 6.92 Å². The van der Waals surface area contributed by atoms with Gasteiger partial charge in [-0.3, -0.25) is 0 Å². The molecule has 0 aromatic carbocycles. The van der Waals surface area contributed by atoms with E-state index >= 15 is 0 Å². The first kappa shape index (κ1) is 14.8. The van der Waals surface area contributed by atoms with Crippen LogP contribution in [0.1, 0.15) is 44.0 Å². The highest BCUT2D eigenvalue weighted by Gasteiger charge is 2.20. The van der Waals surface area contributed by atoms with E-state index in [-0.39, 0.29) is 5.82 Å². The summed E-state index contributed by atoms with van der Waals surface area (Å²) in [5.41, 5.74) is 6.05. The van der Waals surface area contributed by atoms with E-state index in [0.29, 0.717) is 23.1 Å². The van der Waals surface area contributed by atoms with Gasteiger partial charge in [0.2, 0.25) is 0 Å². The molecule has 1 rings (SSSR count). The van der Waals surface area contributed by atoms with Crippen LogP contribution in [0.25, 0.3) is 0 Å². The molecule has 1 aromatic rings. The van der Waals surface area contributed by atoms with Gasteiger partial charge in [-0.1, -0.05) is 13.8 Å². The van der Waals surface area contributed by atoms with Crippen molar-refractivity contribution in [3.05, 3.63) is 5.56 Å². The largest absolute Gasteiger partial charge is 0.462 e. The van der Waals surface area contributed by atoms with E-state index < -0.39 is 5.97 Å². The number of nitrogen functional groups attached to an aromatic ring is 1. The fourth-order valence-corrected chi connectivity index (χ4v) is 2.26. The van der Waals surface area contributed by atoms with Gasteiger partial charge >= 0.3 is 5.97 Å². The summed E-state index contributed by atoms with van der Waals surface area (Å²) in [6.45, 7) is 7.29. The number of hydrogen-bond acceptors (Lipinski definition) is 6. The summed E-state index contributed by atoms with van der Waals surface area (Å²) >= 11 is 1.20. The Labute approximate surface area is 112 Å². The SMILES string of the molecule is CCOC(=O)c1c(N)nsc1NCCCC(C)C. The summed E-state index contributed by atoms with van der Waals surface area (Å²) in [5.74, 6) is 0.516. The molecule has 5 nitrogen and oxygen atoms in total. The van der Waals surface area contributed by atoms with E-state index in [1.165, 1.54) is 11.5 Å². The first-order chi connectivity index (χ1) is 8.56. The van der Waals surface area contributed by atoms with Gasteiger partial charge in [0.25, 0.3) is 0 Å². The quantitative estimate of drug-likeness (QED) is 0.589. The number of carbonyl (C=O) groups is 1. The highest BCUT2D eigenvalue weighted by Crippen LogP contribution is 2.27. The van der Waals surface area contributed by atoms with Crippen LogP contribution < -0.4 is 11.1 Å². The summed E-state index contributed by atoms with van der Waals surface area (Å²) in [7, 11) is 0. The van der Waals surface area contributed by atoms with Gasteiger partial charge in [-0.15, -0.1) is 0 Å². The zero-order valence-electron chi connectivity index (χ0n) is 11.2. The molecule has 0 bridgehead atoms. The van der Waals surface area contributed by atoms with E-state index in [4.69, 9.17) is 10.5 Å². The molecular weight excluding hydrogens is 250 g/mol. The number of ether oxygens (including phenoxy) is 1. The lowest BCUT2D eigenvalue weighted by molar-refractivity contribution is 0.0529. The molecule has 0 atom stereocenters. The number of nitrogens with one attached hydrogen (secondary N) is 1. The van der Waals surface area contributed by atoms with Crippen LogP contribution in [0.2, 0.25) is 0 Å². The molecule has 0 saturated carbocycles. The standard InChI is InChI=1S/C12H21N3O2S/c1-4-17-12(16)9-10(13)15-18-11(9)14-7-5-6-8(2)3/h8,14H,4-7H2,1-3H3,(H2,13,15). The van der Waals surface area contributed by atoms with Gasteiger partial charge in [-0.25, -0.2) is 4.79 Å². The van der Waals surface area contributed by atoms with Crippen molar-refractivity contribution >= 4 is 28.3 Å². The summed E-state index contributed by atoms with van der Waals surface area (Å²) < 4.78 is 8.95. The normalized spacial score (nSPS) is 10.7. The van der Waals surface area contributed by atoms with Gasteiger partial charge in [-0.2, -0.15) is 4.37 Å². The maximum Gasteiger partial charge on any atom is 0.344 e. The Morgan fingerprint density at radius 3 is 2.89 bits per heavy atom. The predicted molar refractivity (Wildman–Crippen MR) is 75.0 cm³/mol. The molecular formula is C12H21N3O2S. The van der Waals surface area contributed by atoms with Crippen molar-refractivity contribution in [2.75, 3.05) is 24.2 Å². The molecule has 3 N–H and O–H groups in total. The Bertz CT molecular complexity index is 391. The van der Waals surface area contributed by atoms with Gasteiger partial charge in [0, 0.05) is 6.54 Å². The molecule has 0 spiro atoms. The molecule has 18 heavy (non-hydrogen) atoms. The van der Waals surface area contributed by atoms with Gasteiger partial charge in [0.1, 0.15) is 10.6 Å². The summed E-state index contributed by atoms with van der Waals surface area (Å²) in [5, 5.41) is 3.91. The number of rotatable bonds is 7. The zero-order chi connectivity index (χ0) is 13.5. The van der Waals surface area contributed by atoms with Crippen molar-refractivity contribution in [1.29, 1.82) is 0 Å². The highest BCUT2D eigenvalue weighted by molar-refractivity contribution is 7.11. The van der Waals surface area contributed by atoms with Crippen LogP contribution in [-0.2, 0) is 4.74 Å². The Kier molecular flexibility index (Phi) is 5.91. The number of carbonyl (C=O) groups excluding carboxylic acids is 1. The maximum absolute atomic E-state index is 11.7. The Hall–Kier alpha value is -1.30. The molecule has 0 amide bonds. The smallest absolute Gasteiger partial charge is 0.344 e. The van der Waals surface area contributed by atoms with Crippen LogP contribution in [0.15, 0.2) is 0 Å². The minimum Gasteiger partial charge on any atom is -0.462 e. The molecule has 0 saturated heterocycles. The number of nitrogens with zero attached hydrogens (tertiary/aromatic N) is 1. The van der Waals surface area contributed by atoms with E-state index in [0.717, 1.165) is 19.4 Å². The third-order valence-electron chi connectivity index (χ3n) is 2.44. The van der Waals surface area contributed by atoms with Crippen molar-refractivity contribution in [1.82, 2.24) is 4.37 Å². The van der Waals surface area contributed by atoms with Crippen molar-refractivity contribution < 1.29 is 9.53 Å². The Morgan fingerprint density at radius 2 is 2.28 bits per heavy atom. The second kappa shape index (κ2) is 7.20. The highest BCUT2D eigenvalue weighted by atomic mass is 32.1. The van der Waals surface area contributed by atoms with E-state index in [1.807, 2.05) is 0 Å². The number of esters is 1. The minimum atomic E-state index is -0.407. The first-order valence-corrected chi connectivity index (χ1v) is 6.99. The topological polar surface area (TPSA) is 77.2 Å². The fraction of sp³-hybridized carbons (Fsp3) is 0.667. The zero-order valence-corrected chi connectivity index (χ0v) is 12.0. The lowest BCUT2D eigenvalue weighted by Crippen LogP contribution is -2.10. The van der Waals surface area contributed by atoms with Crippen molar-refractivity contribution in [2.45, 2.75) is 33.6 Å². The average molecular weight is 271 g/mol. The van der Waals surface area contributed by atoms with Crippen LogP contribution in [0, 0.1) is 5.92 Å². The molecule has 0 fully saturated rings. The predicted octanol–water partition coefficient (Wildman–Crippen LogP) is 2.75. The van der Waals surface area contributed by atoms with Crippen molar-refractivity contribution in [2.24, 2.45) is 5.92 Å². The third kappa shape index (κ3) is 4.18. The van der Waals surface area contributed by atoms with Gasteiger partial charge in [0.15, 0.2) is 5.82 Å². The fourth-order valence-electron chi connectivity index (χ4n) is 1.54. The first-order valence-electron chi connectivity index (χ1n) is 6.22. The summed E-state index contributed by atoms with van der Waals surface area (Å²) in [6, 6.07) is 0. The van der Waals surface area contributed by atoms with Crippen LogP contribution in [0.5, 0.6) is 0 Å². The molecule has 0 aliphatic rings. The number of anilines is 2. The van der Waals surface area contributed by atoms with Crippen LogP contribution in [-0.4, -0.2) is 23.5 Å². The Morgan fingerprint density at radius 1 is 1.56 bits per heavy atom. The minimum absolute atomic E-state index is 0.241. The van der Waals surface area contributed by atoms with Crippen LogP contribution in [0.4, 0.5) is 10.8 Å².